The van der Waals surface area contributed by atoms with Crippen molar-refractivity contribution in [1.82, 2.24) is 14.5 Å². The summed E-state index contributed by atoms with van der Waals surface area (Å²) >= 11 is 5.89. The van der Waals surface area contributed by atoms with Gasteiger partial charge in [-0.15, -0.1) is 0 Å². The highest BCUT2D eigenvalue weighted by atomic mass is 35.5. The van der Waals surface area contributed by atoms with E-state index < -0.39 is 23.2 Å². The maximum Gasteiger partial charge on any atom is 0.353 e. The van der Waals surface area contributed by atoms with Crippen molar-refractivity contribution in [3.05, 3.63) is 87.4 Å². The van der Waals surface area contributed by atoms with Crippen LogP contribution < -0.4 is 5.56 Å². The molecule has 0 amide bonds. The Kier molecular flexibility index (Phi) is 4.56. The molecule has 4 aromatic heterocycles. The number of aromatic nitrogens is 3. The van der Waals surface area contributed by atoms with E-state index in [2.05, 4.69) is 9.97 Å². The quantitative estimate of drug-likeness (QED) is 0.378. The Morgan fingerprint density at radius 1 is 1.25 bits per heavy atom. The highest BCUT2D eigenvalue weighted by Gasteiger charge is 2.29. The van der Waals surface area contributed by atoms with Crippen LogP contribution in [0, 0.1) is 11.6 Å². The Labute approximate surface area is 182 Å². The van der Waals surface area contributed by atoms with Gasteiger partial charge in [0.2, 0.25) is 0 Å². The lowest BCUT2D eigenvalue weighted by Crippen LogP contribution is -2.14. The average Bonchev–Trinajstić information content (AvgIpc) is 3.35. The van der Waals surface area contributed by atoms with Crippen LogP contribution in [-0.4, -0.2) is 25.6 Å². The summed E-state index contributed by atoms with van der Waals surface area (Å²) in [7, 11) is 0. The zero-order valence-electron chi connectivity index (χ0n) is 16.0. The fraction of sp³-hybridized carbons (Fsp3) is 0.0455. The van der Waals surface area contributed by atoms with Gasteiger partial charge < -0.3 is 19.1 Å². The lowest BCUT2D eigenvalue weighted by molar-refractivity contribution is 0.0687. The van der Waals surface area contributed by atoms with Crippen LogP contribution in [0.25, 0.3) is 33.0 Å². The minimum Gasteiger partial charge on any atom is -0.477 e. The van der Waals surface area contributed by atoms with Gasteiger partial charge in [0.1, 0.15) is 28.1 Å². The maximum absolute atomic E-state index is 14.8. The summed E-state index contributed by atoms with van der Waals surface area (Å²) in [5, 5.41) is 10.5. The first kappa shape index (κ1) is 20.0. The number of furan rings is 1. The summed E-state index contributed by atoms with van der Waals surface area (Å²) in [6, 6.07) is 6.79. The Morgan fingerprint density at radius 3 is 2.81 bits per heavy atom. The Bertz CT molecular complexity index is 1600. The molecule has 0 bridgehead atoms. The van der Waals surface area contributed by atoms with Gasteiger partial charge in [-0.2, -0.15) is 0 Å². The molecular weight excluding hydrogens is 444 g/mol. The van der Waals surface area contributed by atoms with Gasteiger partial charge in [0.05, 0.1) is 40.9 Å². The standard InChI is InChI=1S/C22H12ClF2N3O4/c23-16-6-10(14(25)8-27-16)9-28-15-7-13(24)11-3-5-32-20(11)18(15)17(19(28)22(30)31)12-2-1-4-26-21(12)29/h1-8H,9H2,(H,26,29)(H,30,31). The summed E-state index contributed by atoms with van der Waals surface area (Å²) in [4.78, 5) is 31.2. The molecule has 0 aliphatic heterocycles. The molecule has 0 atom stereocenters. The van der Waals surface area contributed by atoms with E-state index in [1.807, 2.05) is 0 Å². The molecule has 0 aliphatic rings. The summed E-state index contributed by atoms with van der Waals surface area (Å²) in [5.41, 5.74) is -0.553. The highest BCUT2D eigenvalue weighted by Crippen LogP contribution is 2.40. The molecule has 0 spiro atoms. The lowest BCUT2D eigenvalue weighted by atomic mass is 10.0. The number of aromatic amines is 1. The van der Waals surface area contributed by atoms with Crippen LogP contribution >= 0.6 is 11.6 Å². The van der Waals surface area contributed by atoms with Crippen molar-refractivity contribution in [2.75, 3.05) is 0 Å². The van der Waals surface area contributed by atoms with Crippen LogP contribution in [0.2, 0.25) is 5.15 Å². The molecule has 0 radical (unpaired) electrons. The maximum atomic E-state index is 14.8. The van der Waals surface area contributed by atoms with Crippen molar-refractivity contribution in [1.29, 1.82) is 0 Å². The zero-order valence-corrected chi connectivity index (χ0v) is 16.8. The molecule has 0 unspecified atom stereocenters. The van der Waals surface area contributed by atoms with E-state index in [1.54, 1.807) is 0 Å². The number of carbonyl (C=O) groups is 1. The fourth-order valence-electron chi connectivity index (χ4n) is 3.92. The van der Waals surface area contributed by atoms with E-state index in [1.165, 1.54) is 41.3 Å². The minimum absolute atomic E-state index is 0.00840. The second kappa shape index (κ2) is 7.31. The molecule has 0 saturated heterocycles. The van der Waals surface area contributed by atoms with Crippen LogP contribution in [0.5, 0.6) is 0 Å². The monoisotopic (exact) mass is 455 g/mol. The third-order valence-corrected chi connectivity index (χ3v) is 5.44. The number of carboxylic acids is 1. The number of H-pyrrole nitrogens is 1. The van der Waals surface area contributed by atoms with Gasteiger partial charge in [0, 0.05) is 17.3 Å². The smallest absolute Gasteiger partial charge is 0.353 e. The third-order valence-electron chi connectivity index (χ3n) is 5.24. The normalized spacial score (nSPS) is 11.5. The van der Waals surface area contributed by atoms with E-state index in [0.717, 1.165) is 12.3 Å². The molecule has 1 aromatic carbocycles. The van der Waals surface area contributed by atoms with E-state index in [4.69, 9.17) is 16.0 Å². The second-order valence-corrected chi connectivity index (χ2v) is 7.43. The van der Waals surface area contributed by atoms with Crippen molar-refractivity contribution in [3.63, 3.8) is 0 Å². The van der Waals surface area contributed by atoms with Crippen LogP contribution in [-0.2, 0) is 6.54 Å². The van der Waals surface area contributed by atoms with Gasteiger partial charge in [-0.25, -0.2) is 18.6 Å². The summed E-state index contributed by atoms with van der Waals surface area (Å²) in [5.74, 6) is -2.76. The predicted octanol–water partition coefficient (Wildman–Crippen LogP) is 4.82. The van der Waals surface area contributed by atoms with E-state index in [-0.39, 0.29) is 56.0 Å². The largest absolute Gasteiger partial charge is 0.477 e. The van der Waals surface area contributed by atoms with Crippen molar-refractivity contribution in [2.45, 2.75) is 6.54 Å². The molecular formula is C22H12ClF2N3O4. The zero-order chi connectivity index (χ0) is 22.6. The Balaban J connectivity index is 1.96. The number of nitrogens with one attached hydrogen (secondary N) is 1. The first-order valence-electron chi connectivity index (χ1n) is 9.30. The van der Waals surface area contributed by atoms with Gasteiger partial charge in [-0.05, 0) is 30.3 Å². The number of pyridine rings is 2. The molecule has 0 saturated carbocycles. The van der Waals surface area contributed by atoms with Gasteiger partial charge in [0.25, 0.3) is 5.56 Å². The fourth-order valence-corrected chi connectivity index (χ4v) is 4.10. The molecule has 2 N–H and O–H groups in total. The van der Waals surface area contributed by atoms with Crippen LogP contribution in [0.15, 0.2) is 58.2 Å². The van der Waals surface area contributed by atoms with Crippen molar-refractivity contribution >= 4 is 39.4 Å². The third kappa shape index (κ3) is 2.97. The lowest BCUT2D eigenvalue weighted by Gasteiger charge is -2.10. The topological polar surface area (TPSA) is 101 Å². The predicted molar refractivity (Wildman–Crippen MR) is 113 cm³/mol. The highest BCUT2D eigenvalue weighted by molar-refractivity contribution is 6.29. The molecule has 5 aromatic rings. The minimum atomic E-state index is -1.39. The molecule has 32 heavy (non-hydrogen) atoms. The van der Waals surface area contributed by atoms with E-state index in [9.17, 15) is 23.5 Å². The average molecular weight is 456 g/mol. The number of rotatable bonds is 4. The Morgan fingerprint density at radius 2 is 2.06 bits per heavy atom. The molecule has 160 valence electrons. The van der Waals surface area contributed by atoms with E-state index in [0.29, 0.717) is 0 Å². The Hall–Kier alpha value is -3.98. The molecule has 10 heteroatoms. The number of benzene rings is 1. The number of fused-ring (bicyclic) bond motifs is 3. The number of nitrogens with zero attached hydrogens (tertiary/aromatic N) is 2. The van der Waals surface area contributed by atoms with Gasteiger partial charge in [0.15, 0.2) is 0 Å². The SMILES string of the molecule is O=C(O)c1c(-c2ccc[nH]c2=O)c2c3occc3c(F)cc2n1Cc1cc(Cl)ncc1F. The van der Waals surface area contributed by atoms with E-state index >= 15 is 0 Å². The van der Waals surface area contributed by atoms with Crippen LogP contribution in [0.1, 0.15) is 16.1 Å². The molecule has 0 aliphatic carbocycles. The van der Waals surface area contributed by atoms with Crippen molar-refractivity contribution in [2.24, 2.45) is 0 Å². The first-order chi connectivity index (χ1) is 15.4. The number of aromatic carboxylic acids is 1. The molecule has 4 heterocycles. The molecule has 5 rings (SSSR count). The number of halogens is 3. The first-order valence-corrected chi connectivity index (χ1v) is 9.67. The number of hydrogen-bond donors (Lipinski definition) is 2. The van der Waals surface area contributed by atoms with Crippen LogP contribution in [0.3, 0.4) is 0 Å². The molecule has 7 nitrogen and oxygen atoms in total. The van der Waals surface area contributed by atoms with Gasteiger partial charge in [-0.1, -0.05) is 11.6 Å². The van der Waals surface area contributed by atoms with Crippen molar-refractivity contribution < 1.29 is 23.1 Å². The number of hydrogen-bond acceptors (Lipinski definition) is 4. The second-order valence-electron chi connectivity index (χ2n) is 7.04. The van der Waals surface area contributed by atoms with Crippen molar-refractivity contribution in [3.8, 4) is 11.1 Å². The summed E-state index contributed by atoms with van der Waals surface area (Å²) < 4.78 is 36.0. The molecule has 0 fully saturated rings. The van der Waals surface area contributed by atoms with Gasteiger partial charge >= 0.3 is 5.97 Å². The summed E-state index contributed by atoms with van der Waals surface area (Å²) in [6.07, 6.45) is 3.59. The van der Waals surface area contributed by atoms with Gasteiger partial charge in [-0.3, -0.25) is 4.79 Å². The van der Waals surface area contributed by atoms with Crippen LogP contribution in [0.4, 0.5) is 8.78 Å². The summed E-state index contributed by atoms with van der Waals surface area (Å²) in [6.45, 7) is -0.303. The number of carboxylic acid groups (broad SMARTS) is 1.